The van der Waals surface area contributed by atoms with Crippen molar-refractivity contribution in [3.8, 4) is 34.8 Å². The topological polar surface area (TPSA) is 117 Å². The summed E-state index contributed by atoms with van der Waals surface area (Å²) in [6.45, 7) is 7.17. The Morgan fingerprint density at radius 2 is 1.77 bits per heavy atom. The molecule has 0 saturated carbocycles. The molecule has 1 N–H and O–H groups in total. The van der Waals surface area contributed by atoms with Gasteiger partial charge in [0.15, 0.2) is 12.1 Å². The highest BCUT2D eigenvalue weighted by atomic mass is 19.1. The third kappa shape index (κ3) is 5.32. The summed E-state index contributed by atoms with van der Waals surface area (Å²) in [6.07, 6.45) is 0.742. The maximum atomic E-state index is 13.9. The fourth-order valence-corrected chi connectivity index (χ4v) is 3.43. The Morgan fingerprint density at radius 1 is 1.03 bits per heavy atom. The number of aromatic nitrogens is 3. The molecule has 10 heteroatoms. The maximum Gasteiger partial charge on any atom is 0.341 e. The molecule has 0 atom stereocenters. The minimum Gasteiger partial charge on any atom is -0.481 e. The summed E-state index contributed by atoms with van der Waals surface area (Å²) in [5, 5.41) is 8.89. The Bertz CT molecular complexity index is 1380. The summed E-state index contributed by atoms with van der Waals surface area (Å²) in [6, 6.07) is 7.95. The lowest BCUT2D eigenvalue weighted by molar-refractivity contribution is -0.139. The molecule has 2 aromatic carbocycles. The molecule has 0 aliphatic heterocycles. The van der Waals surface area contributed by atoms with Gasteiger partial charge >= 0.3 is 12.0 Å². The van der Waals surface area contributed by atoms with Crippen molar-refractivity contribution in [3.63, 3.8) is 0 Å². The molecule has 2 aromatic heterocycles. The standard InChI is InChI=1S/C25H24FN3O6/c1-5-8-32-23-20-24(29-25(28-23)34-17-7-6-13(2)18(26)11-17)35-22(27-20)16-9-14(3)21(15(4)10-16)33-12-19(30)31/h6-7,9-11H,5,8,12H2,1-4H3,(H,30,31). The number of aliphatic carboxylic acids is 1. The van der Waals surface area contributed by atoms with Gasteiger partial charge in [0.2, 0.25) is 5.89 Å². The van der Waals surface area contributed by atoms with E-state index in [1.165, 1.54) is 6.07 Å². The van der Waals surface area contributed by atoms with E-state index in [4.69, 9.17) is 23.7 Å². The zero-order chi connectivity index (χ0) is 25.1. The number of halogens is 1. The summed E-state index contributed by atoms with van der Waals surface area (Å²) < 4.78 is 36.7. The van der Waals surface area contributed by atoms with Gasteiger partial charge in [0, 0.05) is 11.6 Å². The van der Waals surface area contributed by atoms with E-state index in [1.807, 2.05) is 6.92 Å². The number of carbonyl (C=O) groups is 1. The molecule has 9 nitrogen and oxygen atoms in total. The van der Waals surface area contributed by atoms with Crippen LogP contribution in [0.2, 0.25) is 0 Å². The van der Waals surface area contributed by atoms with E-state index < -0.39 is 18.4 Å². The highest BCUT2D eigenvalue weighted by Gasteiger charge is 2.20. The molecule has 0 fully saturated rings. The SMILES string of the molecule is CCCOc1nc(Oc2ccc(C)c(F)c2)nc2oc(-c3cc(C)c(OCC(=O)O)c(C)c3)nc12. The number of rotatable bonds is 9. The van der Waals surface area contributed by atoms with Crippen LogP contribution in [0.25, 0.3) is 22.7 Å². The van der Waals surface area contributed by atoms with Crippen LogP contribution < -0.4 is 14.2 Å². The summed E-state index contributed by atoms with van der Waals surface area (Å²) in [4.78, 5) is 24.0. The minimum atomic E-state index is -1.06. The van der Waals surface area contributed by atoms with E-state index in [1.54, 1.807) is 45.0 Å². The van der Waals surface area contributed by atoms with Gasteiger partial charge < -0.3 is 23.7 Å². The molecule has 0 bridgehead atoms. The van der Waals surface area contributed by atoms with E-state index in [9.17, 15) is 9.18 Å². The molecule has 0 unspecified atom stereocenters. The molecule has 4 rings (SSSR count). The number of hydrogen-bond acceptors (Lipinski definition) is 8. The number of fused-ring (bicyclic) bond motifs is 1. The Morgan fingerprint density at radius 3 is 2.43 bits per heavy atom. The number of carboxylic acid groups (broad SMARTS) is 1. The number of aryl methyl sites for hydroxylation is 3. The van der Waals surface area contributed by atoms with Gasteiger partial charge in [-0.25, -0.2) is 14.2 Å². The fraction of sp³-hybridized carbons (Fsp3) is 0.280. The average Bonchev–Trinajstić information content (AvgIpc) is 3.23. The first kappa shape index (κ1) is 23.9. The van der Waals surface area contributed by atoms with Crippen molar-refractivity contribution in [3.05, 3.63) is 52.8 Å². The van der Waals surface area contributed by atoms with Crippen LogP contribution in [-0.4, -0.2) is 39.2 Å². The van der Waals surface area contributed by atoms with Crippen LogP contribution in [0.5, 0.6) is 23.4 Å². The van der Waals surface area contributed by atoms with Gasteiger partial charge in [-0.2, -0.15) is 9.97 Å². The second kappa shape index (κ2) is 9.96. The quantitative estimate of drug-likeness (QED) is 0.335. The molecule has 0 radical (unpaired) electrons. The Kier molecular flexibility index (Phi) is 6.81. The lowest BCUT2D eigenvalue weighted by Crippen LogP contribution is -2.10. The Labute approximate surface area is 200 Å². The number of oxazole rings is 1. The number of benzene rings is 2. The van der Waals surface area contributed by atoms with Crippen molar-refractivity contribution in [1.82, 2.24) is 15.0 Å². The lowest BCUT2D eigenvalue weighted by atomic mass is 10.1. The highest BCUT2D eigenvalue weighted by molar-refractivity contribution is 5.78. The van der Waals surface area contributed by atoms with E-state index in [0.29, 0.717) is 29.0 Å². The van der Waals surface area contributed by atoms with Crippen LogP contribution in [0.4, 0.5) is 4.39 Å². The third-order valence-electron chi connectivity index (χ3n) is 5.05. The Balaban J connectivity index is 1.72. The van der Waals surface area contributed by atoms with Gasteiger partial charge in [0.1, 0.15) is 17.3 Å². The van der Waals surface area contributed by atoms with Crippen LogP contribution in [0, 0.1) is 26.6 Å². The third-order valence-corrected chi connectivity index (χ3v) is 5.05. The van der Waals surface area contributed by atoms with Gasteiger partial charge in [-0.15, -0.1) is 0 Å². The van der Waals surface area contributed by atoms with E-state index >= 15 is 0 Å². The normalized spacial score (nSPS) is 11.0. The first-order valence-corrected chi connectivity index (χ1v) is 11.0. The molecule has 0 aliphatic rings. The average molecular weight is 481 g/mol. The zero-order valence-electron chi connectivity index (χ0n) is 19.7. The molecule has 0 amide bonds. The summed E-state index contributed by atoms with van der Waals surface area (Å²) >= 11 is 0. The zero-order valence-corrected chi connectivity index (χ0v) is 19.7. The van der Waals surface area contributed by atoms with Gasteiger partial charge in [-0.3, -0.25) is 0 Å². The van der Waals surface area contributed by atoms with E-state index in [0.717, 1.165) is 17.5 Å². The monoisotopic (exact) mass is 481 g/mol. The van der Waals surface area contributed by atoms with Gasteiger partial charge in [0.25, 0.3) is 11.6 Å². The van der Waals surface area contributed by atoms with Crippen molar-refractivity contribution < 1.29 is 32.9 Å². The number of carboxylic acids is 1. The first-order valence-electron chi connectivity index (χ1n) is 11.0. The second-order valence-electron chi connectivity index (χ2n) is 7.97. The van der Waals surface area contributed by atoms with Crippen LogP contribution in [-0.2, 0) is 4.79 Å². The largest absolute Gasteiger partial charge is 0.481 e. The summed E-state index contributed by atoms with van der Waals surface area (Å²) in [7, 11) is 0. The van der Waals surface area contributed by atoms with E-state index in [2.05, 4.69) is 15.0 Å². The second-order valence-corrected chi connectivity index (χ2v) is 7.97. The van der Waals surface area contributed by atoms with Crippen LogP contribution in [0.1, 0.15) is 30.0 Å². The predicted octanol–water partition coefficient (Wildman–Crippen LogP) is 5.39. The van der Waals surface area contributed by atoms with Crippen LogP contribution >= 0.6 is 0 Å². The number of nitrogens with zero attached hydrogens (tertiary/aromatic N) is 3. The number of hydrogen-bond donors (Lipinski definition) is 1. The van der Waals surface area contributed by atoms with E-state index in [-0.39, 0.29) is 29.2 Å². The fourth-order valence-electron chi connectivity index (χ4n) is 3.43. The smallest absolute Gasteiger partial charge is 0.341 e. The van der Waals surface area contributed by atoms with Crippen molar-refractivity contribution in [1.29, 1.82) is 0 Å². The minimum absolute atomic E-state index is 0.0701. The van der Waals surface area contributed by atoms with Gasteiger partial charge in [-0.1, -0.05) is 13.0 Å². The molecule has 0 aliphatic carbocycles. The predicted molar refractivity (Wildman–Crippen MR) is 125 cm³/mol. The Hall–Kier alpha value is -4.21. The molecule has 0 spiro atoms. The summed E-state index contributed by atoms with van der Waals surface area (Å²) in [5.74, 6) is -0.294. The molecular formula is C25H24FN3O6. The van der Waals surface area contributed by atoms with Crippen LogP contribution in [0.15, 0.2) is 34.7 Å². The van der Waals surface area contributed by atoms with Crippen molar-refractivity contribution >= 4 is 17.2 Å². The molecular weight excluding hydrogens is 457 g/mol. The van der Waals surface area contributed by atoms with Crippen molar-refractivity contribution in [2.45, 2.75) is 34.1 Å². The van der Waals surface area contributed by atoms with Crippen molar-refractivity contribution in [2.75, 3.05) is 13.2 Å². The summed E-state index contributed by atoms with van der Waals surface area (Å²) in [5.41, 5.74) is 3.04. The van der Waals surface area contributed by atoms with Crippen molar-refractivity contribution in [2.24, 2.45) is 0 Å². The highest BCUT2D eigenvalue weighted by Crippen LogP contribution is 2.34. The lowest BCUT2D eigenvalue weighted by Gasteiger charge is -2.11. The van der Waals surface area contributed by atoms with Gasteiger partial charge in [0.05, 0.1) is 6.61 Å². The molecule has 35 heavy (non-hydrogen) atoms. The molecule has 182 valence electrons. The molecule has 4 aromatic rings. The molecule has 0 saturated heterocycles. The van der Waals surface area contributed by atoms with Crippen LogP contribution in [0.3, 0.4) is 0 Å². The van der Waals surface area contributed by atoms with Gasteiger partial charge in [-0.05, 0) is 62.1 Å². The molecule has 2 heterocycles. The first-order chi connectivity index (χ1) is 16.7. The maximum absolute atomic E-state index is 13.9. The number of ether oxygens (including phenoxy) is 3.